The predicted octanol–water partition coefficient (Wildman–Crippen LogP) is 1.01. The van der Waals surface area contributed by atoms with Gasteiger partial charge in [0.2, 0.25) is 0 Å². The summed E-state index contributed by atoms with van der Waals surface area (Å²) in [6.45, 7) is 4.89. The van der Waals surface area contributed by atoms with Crippen molar-refractivity contribution in [1.29, 1.82) is 0 Å². The average molecular weight is 748 g/mol. The van der Waals surface area contributed by atoms with Crippen molar-refractivity contribution in [3.8, 4) is 11.5 Å². The summed E-state index contributed by atoms with van der Waals surface area (Å²) >= 11 is 0. The predicted molar refractivity (Wildman–Crippen MR) is 133 cm³/mol. The van der Waals surface area contributed by atoms with Crippen LogP contribution in [0.15, 0.2) is 18.3 Å². The van der Waals surface area contributed by atoms with E-state index in [1.54, 1.807) is 6.92 Å². The number of halogens is 2. The molecule has 14 nitrogen and oxygen atoms in total. The van der Waals surface area contributed by atoms with Gasteiger partial charge in [-0.1, -0.05) is 0 Å². The first-order chi connectivity index (χ1) is 19.1. The third kappa shape index (κ3) is 6.32. The van der Waals surface area contributed by atoms with Crippen LogP contribution in [0.3, 0.4) is 0 Å². The van der Waals surface area contributed by atoms with Gasteiger partial charge in [-0.25, -0.2) is 18.6 Å². The van der Waals surface area contributed by atoms with E-state index in [1.807, 2.05) is 6.07 Å². The summed E-state index contributed by atoms with van der Waals surface area (Å²) in [5.74, 6) is -4.88. The molecule has 0 saturated carbocycles. The maximum atomic E-state index is 15.5. The first-order valence-electron chi connectivity index (χ1n) is 12.2. The zero-order valence-corrected chi connectivity index (χ0v) is 24.5. The van der Waals surface area contributed by atoms with E-state index in [2.05, 4.69) is 24.4 Å². The van der Waals surface area contributed by atoms with E-state index in [0.29, 0.717) is 48.1 Å². The zero-order chi connectivity index (χ0) is 28.6. The summed E-state index contributed by atoms with van der Waals surface area (Å²) in [5.41, 5.74) is 1.40. The molecule has 18 heteroatoms. The molecule has 3 aromatic rings. The molecule has 5 rings (SSSR count). The molecule has 0 unspecified atom stereocenters. The number of benzene rings is 1. The minimum absolute atomic E-state index is 0. The van der Waals surface area contributed by atoms with Gasteiger partial charge in [0, 0.05) is 76.2 Å². The van der Waals surface area contributed by atoms with E-state index in [1.165, 1.54) is 11.1 Å². The number of urea groups is 1. The molecule has 219 valence electrons. The van der Waals surface area contributed by atoms with Crippen LogP contribution in [-0.2, 0) is 43.7 Å². The van der Waals surface area contributed by atoms with E-state index in [0.717, 1.165) is 23.7 Å². The molecule has 1 saturated heterocycles. The average Bonchev–Trinajstić information content (AvgIpc) is 3.32. The summed E-state index contributed by atoms with van der Waals surface area (Å²) in [5, 5.41) is 36.8. The largest absolute Gasteiger partial charge is 0.602 e. The number of hydrogen-bond acceptors (Lipinski definition) is 11. The number of ether oxygens (including phenoxy) is 2. The molecule has 0 aliphatic carbocycles. The second kappa shape index (κ2) is 12.5. The molecule has 2 aliphatic heterocycles. The van der Waals surface area contributed by atoms with Crippen molar-refractivity contribution in [3.05, 3.63) is 41.2 Å². The van der Waals surface area contributed by atoms with E-state index < -0.39 is 41.0 Å². The standard InChI is InChI=1S/C23H25BF2N5O9.W/c1-2-30-19-12(9-27-21-14(19)7-13(28-21)11-29-3-5-37-6-4-29)10-31(22(30)32)20-17(25)15(38-23(33,34)35)8-16(18(20)26)39-24-40-36;/h7-9,33-36H,2-6,10-11H2,1H3,(H,27,28);. The third-order valence-electron chi connectivity index (χ3n) is 6.48. The normalized spacial score (nSPS) is 16.0. The second-order valence-corrected chi connectivity index (χ2v) is 9.04. The van der Waals surface area contributed by atoms with Gasteiger partial charge in [0.15, 0.2) is 17.4 Å². The molecule has 5 N–H and O–H groups in total. The fourth-order valence-electron chi connectivity index (χ4n) is 4.82. The van der Waals surface area contributed by atoms with Crippen LogP contribution in [0.25, 0.3) is 11.0 Å². The Morgan fingerprint density at radius 2 is 1.85 bits per heavy atom. The van der Waals surface area contributed by atoms with Gasteiger partial charge < -0.3 is 34.4 Å². The monoisotopic (exact) mass is 748 g/mol. The molecule has 0 atom stereocenters. The van der Waals surface area contributed by atoms with Gasteiger partial charge in [0.1, 0.15) is 17.1 Å². The van der Waals surface area contributed by atoms with Crippen molar-refractivity contribution < 1.29 is 74.2 Å². The van der Waals surface area contributed by atoms with E-state index >= 15 is 8.78 Å². The number of nitrogens with zero attached hydrogens (tertiary/aromatic N) is 4. The fourth-order valence-corrected chi connectivity index (χ4v) is 4.82. The van der Waals surface area contributed by atoms with Gasteiger partial charge in [-0.05, 0) is 13.0 Å². The topological polar surface area (TPSA) is 173 Å². The molecule has 0 bridgehead atoms. The van der Waals surface area contributed by atoms with Gasteiger partial charge >= 0.3 is 19.9 Å². The van der Waals surface area contributed by atoms with Crippen LogP contribution >= 0.6 is 0 Å². The number of pyridine rings is 1. The molecular weight excluding hydrogens is 723 g/mol. The number of aromatic amines is 1. The van der Waals surface area contributed by atoms with Crippen LogP contribution in [0.1, 0.15) is 18.2 Å². The van der Waals surface area contributed by atoms with Crippen molar-refractivity contribution in [2.45, 2.75) is 26.2 Å². The van der Waals surface area contributed by atoms with Gasteiger partial charge in [-0.2, -0.15) is 0 Å². The summed E-state index contributed by atoms with van der Waals surface area (Å²) in [4.78, 5) is 29.3. The Labute approximate surface area is 246 Å². The third-order valence-corrected chi connectivity index (χ3v) is 6.48. The number of hydrogen-bond donors (Lipinski definition) is 5. The Morgan fingerprint density at radius 1 is 1.15 bits per heavy atom. The number of aromatic nitrogens is 2. The number of rotatable bonds is 9. The van der Waals surface area contributed by atoms with Crippen LogP contribution < -0.4 is 19.2 Å². The van der Waals surface area contributed by atoms with Crippen LogP contribution in [-0.4, -0.2) is 88.2 Å². The number of carbonyl (C=O) groups is 1. The summed E-state index contributed by atoms with van der Waals surface area (Å²) in [6.07, 6.45) is -2.36. The zero-order valence-electron chi connectivity index (χ0n) is 21.5. The number of fused-ring (bicyclic) bond motifs is 3. The minimum atomic E-state index is -3.85. The van der Waals surface area contributed by atoms with E-state index in [4.69, 9.17) is 14.6 Å². The van der Waals surface area contributed by atoms with Crippen molar-refractivity contribution in [2.75, 3.05) is 42.6 Å². The smallest absolute Gasteiger partial charge is 0.534 e. The fraction of sp³-hybridized carbons (Fsp3) is 0.391. The van der Waals surface area contributed by atoms with Crippen LogP contribution in [0.4, 0.5) is 25.0 Å². The number of H-pyrrole nitrogens is 1. The Bertz CT molecular complexity index is 1420. The quantitative estimate of drug-likeness (QED) is 0.0916. The van der Waals surface area contributed by atoms with Gasteiger partial charge in [0.05, 0.1) is 25.4 Å². The van der Waals surface area contributed by atoms with Crippen molar-refractivity contribution in [2.24, 2.45) is 0 Å². The molecular formula is C23H25BF2N5O9W. The van der Waals surface area contributed by atoms with E-state index in [-0.39, 0.29) is 41.8 Å². The van der Waals surface area contributed by atoms with Crippen LogP contribution in [0.2, 0.25) is 0 Å². The van der Waals surface area contributed by atoms with Gasteiger partial charge in [-0.15, -0.1) is 0 Å². The molecule has 2 aliphatic rings. The number of nitrogens with one attached hydrogen (secondary N) is 1. The molecule has 2 aromatic heterocycles. The Kier molecular flexibility index (Phi) is 9.50. The maximum Gasteiger partial charge on any atom is 0.602 e. The summed E-state index contributed by atoms with van der Waals surface area (Å²) < 4.78 is 45.5. The van der Waals surface area contributed by atoms with E-state index in [9.17, 15) is 20.1 Å². The number of anilines is 2. The molecule has 4 heterocycles. The number of carbonyl (C=O) groups excluding carboxylic acids is 1. The molecule has 41 heavy (non-hydrogen) atoms. The SMILES string of the molecule is CCN1C(=O)N(c2c(F)c(O[B]OO)cc(OC(O)(O)O)c2F)Cc2cnc3[nH]c(CN4CCOCC4)cc3c21.[W]. The minimum Gasteiger partial charge on any atom is -0.534 e. The molecule has 1 aromatic carbocycles. The Balaban J connectivity index is 0.00000387. The molecule has 1 radical (unpaired) electrons. The van der Waals surface area contributed by atoms with Gasteiger partial charge in [-0.3, -0.25) is 24.8 Å². The van der Waals surface area contributed by atoms with Gasteiger partial charge in [0.25, 0.3) is 0 Å². The Hall–Kier alpha value is -2.89. The van der Waals surface area contributed by atoms with Crippen molar-refractivity contribution in [3.63, 3.8) is 0 Å². The second-order valence-electron chi connectivity index (χ2n) is 9.04. The van der Waals surface area contributed by atoms with Crippen molar-refractivity contribution in [1.82, 2.24) is 14.9 Å². The first-order valence-corrected chi connectivity index (χ1v) is 12.2. The summed E-state index contributed by atoms with van der Waals surface area (Å²) in [6, 6.07) is 1.59. The van der Waals surface area contributed by atoms with Crippen LogP contribution in [0.5, 0.6) is 11.5 Å². The number of aliphatic hydroxyl groups is 3. The molecule has 0 spiro atoms. The van der Waals surface area contributed by atoms with Crippen LogP contribution in [0, 0.1) is 11.6 Å². The maximum absolute atomic E-state index is 15.5. The van der Waals surface area contributed by atoms with Crippen molar-refractivity contribution >= 4 is 36.1 Å². The number of morpholine rings is 1. The molecule has 1 fully saturated rings. The summed E-state index contributed by atoms with van der Waals surface area (Å²) in [7, 11) is 0.278. The number of amides is 2. The Morgan fingerprint density at radius 3 is 2.51 bits per heavy atom. The molecule has 2 amide bonds. The first kappa shape index (κ1) is 31.1.